The zero-order chi connectivity index (χ0) is 13.3. The number of hydrogen-bond donors (Lipinski definition) is 3. The van der Waals surface area contributed by atoms with Crippen LogP contribution in [-0.2, 0) is 14.4 Å². The topological polar surface area (TPSA) is 98.7 Å². The van der Waals surface area contributed by atoms with Crippen LogP contribution in [0.4, 0.5) is 0 Å². The highest BCUT2D eigenvalue weighted by molar-refractivity contribution is 5.73. The van der Waals surface area contributed by atoms with Crippen molar-refractivity contribution in [2.24, 2.45) is 0 Å². The van der Waals surface area contributed by atoms with Crippen LogP contribution in [0.1, 0.15) is 13.8 Å². The first-order valence-electron chi connectivity index (χ1n) is 5.35. The minimum absolute atomic E-state index is 0.112. The van der Waals surface area contributed by atoms with E-state index >= 15 is 0 Å². The lowest BCUT2D eigenvalue weighted by atomic mass is 10.4. The molecule has 0 saturated carbocycles. The van der Waals surface area contributed by atoms with E-state index in [1.807, 2.05) is 0 Å². The summed E-state index contributed by atoms with van der Waals surface area (Å²) >= 11 is 0. The van der Waals surface area contributed by atoms with Crippen LogP contribution in [0.5, 0.6) is 0 Å². The number of nitrogens with zero attached hydrogens (tertiary/aromatic N) is 1. The summed E-state index contributed by atoms with van der Waals surface area (Å²) in [5.41, 5.74) is 0. The summed E-state index contributed by atoms with van der Waals surface area (Å²) in [4.78, 5) is 33.5. The van der Waals surface area contributed by atoms with Gasteiger partial charge in [0.2, 0.25) is 11.8 Å². The van der Waals surface area contributed by atoms with E-state index in [2.05, 4.69) is 10.6 Å². The Morgan fingerprint density at radius 1 is 1.00 bits per heavy atom. The van der Waals surface area contributed by atoms with E-state index in [9.17, 15) is 14.4 Å². The van der Waals surface area contributed by atoms with E-state index in [1.54, 1.807) is 4.90 Å². The van der Waals surface area contributed by atoms with E-state index in [0.29, 0.717) is 26.2 Å². The van der Waals surface area contributed by atoms with Crippen LogP contribution >= 0.6 is 0 Å². The highest BCUT2D eigenvalue weighted by Gasteiger charge is 2.09. The predicted octanol–water partition coefficient (Wildman–Crippen LogP) is -1.35. The fraction of sp³-hybridized carbons (Fsp3) is 0.700. The number of hydrogen-bond acceptors (Lipinski definition) is 4. The maximum absolute atomic E-state index is 10.6. The SMILES string of the molecule is CC(=O)NCCN(CCNC(C)=O)CC(=O)O. The summed E-state index contributed by atoms with van der Waals surface area (Å²) in [5, 5.41) is 13.9. The first-order chi connectivity index (χ1) is 7.91. The molecule has 17 heavy (non-hydrogen) atoms. The molecule has 0 spiro atoms. The molecule has 0 aliphatic carbocycles. The Morgan fingerprint density at radius 3 is 1.71 bits per heavy atom. The van der Waals surface area contributed by atoms with Gasteiger partial charge in [-0.3, -0.25) is 19.3 Å². The fourth-order valence-electron chi connectivity index (χ4n) is 1.24. The second-order valence-corrected chi connectivity index (χ2v) is 3.64. The van der Waals surface area contributed by atoms with Gasteiger partial charge in [-0.1, -0.05) is 0 Å². The van der Waals surface area contributed by atoms with Crippen LogP contribution in [0.2, 0.25) is 0 Å². The second-order valence-electron chi connectivity index (χ2n) is 3.64. The van der Waals surface area contributed by atoms with Gasteiger partial charge in [0.05, 0.1) is 6.54 Å². The highest BCUT2D eigenvalue weighted by atomic mass is 16.4. The number of carboxylic acid groups (broad SMARTS) is 1. The number of amides is 2. The van der Waals surface area contributed by atoms with Crippen molar-refractivity contribution in [2.75, 3.05) is 32.7 Å². The number of carbonyl (C=O) groups excluding carboxylic acids is 2. The molecule has 7 nitrogen and oxygen atoms in total. The highest BCUT2D eigenvalue weighted by Crippen LogP contribution is 1.86. The summed E-state index contributed by atoms with van der Waals surface area (Å²) in [5.74, 6) is -1.24. The van der Waals surface area contributed by atoms with Crippen molar-refractivity contribution in [3.05, 3.63) is 0 Å². The maximum Gasteiger partial charge on any atom is 0.317 e. The van der Waals surface area contributed by atoms with Gasteiger partial charge in [-0.25, -0.2) is 0 Å². The number of aliphatic carboxylic acids is 1. The van der Waals surface area contributed by atoms with Crippen molar-refractivity contribution in [2.45, 2.75) is 13.8 Å². The number of carbonyl (C=O) groups is 3. The Hall–Kier alpha value is -1.63. The van der Waals surface area contributed by atoms with Crippen LogP contribution < -0.4 is 10.6 Å². The van der Waals surface area contributed by atoms with E-state index < -0.39 is 5.97 Å². The number of carboxylic acids is 1. The molecule has 0 saturated heterocycles. The zero-order valence-electron chi connectivity index (χ0n) is 10.2. The summed E-state index contributed by atoms with van der Waals surface area (Å²) in [6.45, 7) is 4.35. The lowest BCUT2D eigenvalue weighted by Gasteiger charge is -2.20. The molecule has 2 amide bonds. The van der Waals surface area contributed by atoms with Gasteiger partial charge < -0.3 is 15.7 Å². The molecule has 0 aliphatic heterocycles. The molecule has 7 heteroatoms. The quantitative estimate of drug-likeness (QED) is 0.491. The molecule has 98 valence electrons. The van der Waals surface area contributed by atoms with E-state index in [1.165, 1.54) is 13.8 Å². The Balaban J connectivity index is 3.91. The summed E-state index contributed by atoms with van der Waals surface area (Å²) in [7, 11) is 0. The van der Waals surface area contributed by atoms with Crippen molar-refractivity contribution >= 4 is 17.8 Å². The molecule has 0 heterocycles. The van der Waals surface area contributed by atoms with E-state index in [4.69, 9.17) is 5.11 Å². The summed E-state index contributed by atoms with van der Waals surface area (Å²) < 4.78 is 0. The Morgan fingerprint density at radius 2 is 1.41 bits per heavy atom. The standard InChI is InChI=1S/C10H19N3O4/c1-8(14)11-3-5-13(7-10(16)17)6-4-12-9(2)15/h3-7H2,1-2H3,(H,11,14)(H,12,15)(H,16,17). The van der Waals surface area contributed by atoms with Crippen molar-refractivity contribution in [3.8, 4) is 0 Å². The van der Waals surface area contributed by atoms with Crippen LogP contribution in [-0.4, -0.2) is 60.5 Å². The summed E-state index contributed by atoms with van der Waals surface area (Å²) in [6.07, 6.45) is 0. The number of nitrogens with one attached hydrogen (secondary N) is 2. The lowest BCUT2D eigenvalue weighted by molar-refractivity contribution is -0.138. The molecule has 0 unspecified atom stereocenters. The molecule has 0 rings (SSSR count). The molecule has 3 N–H and O–H groups in total. The van der Waals surface area contributed by atoms with Crippen molar-refractivity contribution < 1.29 is 19.5 Å². The van der Waals surface area contributed by atoms with Crippen LogP contribution in [0, 0.1) is 0 Å². The monoisotopic (exact) mass is 245 g/mol. The van der Waals surface area contributed by atoms with Crippen molar-refractivity contribution in [1.82, 2.24) is 15.5 Å². The van der Waals surface area contributed by atoms with Gasteiger partial charge >= 0.3 is 5.97 Å². The van der Waals surface area contributed by atoms with Crippen LogP contribution in [0.25, 0.3) is 0 Å². The van der Waals surface area contributed by atoms with Crippen molar-refractivity contribution in [3.63, 3.8) is 0 Å². The van der Waals surface area contributed by atoms with Crippen molar-refractivity contribution in [1.29, 1.82) is 0 Å². The van der Waals surface area contributed by atoms with Gasteiger partial charge in [-0.15, -0.1) is 0 Å². The van der Waals surface area contributed by atoms with Gasteiger partial charge in [0.15, 0.2) is 0 Å². The fourth-order valence-corrected chi connectivity index (χ4v) is 1.24. The van der Waals surface area contributed by atoms with Gasteiger partial charge in [0.1, 0.15) is 0 Å². The molecule has 0 aromatic heterocycles. The first kappa shape index (κ1) is 15.4. The Kier molecular flexibility index (Phi) is 7.70. The molecule has 0 aliphatic rings. The van der Waals surface area contributed by atoms with E-state index in [0.717, 1.165) is 0 Å². The summed E-state index contributed by atoms with van der Waals surface area (Å²) in [6, 6.07) is 0. The van der Waals surface area contributed by atoms with Crippen LogP contribution in [0.3, 0.4) is 0 Å². The zero-order valence-corrected chi connectivity index (χ0v) is 10.2. The molecule has 0 radical (unpaired) electrons. The third-order valence-electron chi connectivity index (χ3n) is 1.96. The molecule has 0 atom stereocenters. The minimum atomic E-state index is -0.935. The lowest BCUT2D eigenvalue weighted by Crippen LogP contribution is -2.41. The Labute approximate surface area is 100 Å². The van der Waals surface area contributed by atoms with Gasteiger partial charge in [0.25, 0.3) is 0 Å². The molecule has 0 aromatic rings. The number of rotatable bonds is 8. The second kappa shape index (κ2) is 8.51. The third-order valence-corrected chi connectivity index (χ3v) is 1.96. The minimum Gasteiger partial charge on any atom is -0.480 e. The average Bonchev–Trinajstić information content (AvgIpc) is 2.15. The van der Waals surface area contributed by atoms with Crippen LogP contribution in [0.15, 0.2) is 0 Å². The molecule has 0 bridgehead atoms. The van der Waals surface area contributed by atoms with E-state index in [-0.39, 0.29) is 18.4 Å². The maximum atomic E-state index is 10.6. The first-order valence-corrected chi connectivity index (χ1v) is 5.35. The molecule has 0 aromatic carbocycles. The van der Waals surface area contributed by atoms with Gasteiger partial charge in [-0.2, -0.15) is 0 Å². The normalized spacial score (nSPS) is 10.1. The largest absolute Gasteiger partial charge is 0.480 e. The molecule has 0 fully saturated rings. The van der Waals surface area contributed by atoms with Gasteiger partial charge in [-0.05, 0) is 0 Å². The average molecular weight is 245 g/mol. The van der Waals surface area contributed by atoms with Gasteiger partial charge in [0, 0.05) is 40.0 Å². The predicted molar refractivity (Wildman–Crippen MR) is 61.4 cm³/mol. The molecular formula is C10H19N3O4. The third kappa shape index (κ3) is 10.6. The molecular weight excluding hydrogens is 226 g/mol. The Bertz CT molecular complexity index is 261. The smallest absolute Gasteiger partial charge is 0.317 e.